The lowest BCUT2D eigenvalue weighted by molar-refractivity contribution is 0.151. The first-order valence-corrected chi connectivity index (χ1v) is 10.4. The fourth-order valence-corrected chi connectivity index (χ4v) is 4.68. The van der Waals surface area contributed by atoms with Crippen molar-refractivity contribution in [2.45, 2.75) is 64.6 Å². The molecule has 0 amide bonds. The third-order valence-electron chi connectivity index (χ3n) is 4.50. The molecule has 146 valence electrons. The first-order chi connectivity index (χ1) is 12.6. The molecule has 3 N–H and O–H groups in total. The highest BCUT2D eigenvalue weighted by molar-refractivity contribution is 7.09. The lowest BCUT2D eigenvalue weighted by Gasteiger charge is -2.47. The molecule has 3 rings (SSSR count). The molecular weight excluding hydrogens is 378 g/mol. The first kappa shape index (κ1) is 20.1. The maximum absolute atomic E-state index is 5.92. The lowest BCUT2D eigenvalue weighted by Crippen LogP contribution is -2.61. The molecule has 0 bridgehead atoms. The number of hydrogen-bond acceptors (Lipinski definition) is 6. The minimum atomic E-state index is 0.119. The summed E-state index contributed by atoms with van der Waals surface area (Å²) in [6.45, 7) is 11.1. The number of aromatic nitrogens is 2. The molecule has 0 spiro atoms. The Kier molecular flexibility index (Phi) is 5.79. The molecule has 27 heavy (non-hydrogen) atoms. The Morgan fingerprint density at radius 3 is 2.44 bits per heavy atom. The Labute approximate surface area is 170 Å². The Morgan fingerprint density at radius 1 is 1.19 bits per heavy atom. The molecule has 1 saturated heterocycles. The number of nitrogens with one attached hydrogen (secondary N) is 3. The van der Waals surface area contributed by atoms with Crippen molar-refractivity contribution in [2.75, 3.05) is 5.32 Å². The van der Waals surface area contributed by atoms with E-state index in [-0.39, 0.29) is 11.1 Å². The molecule has 1 fully saturated rings. The summed E-state index contributed by atoms with van der Waals surface area (Å²) < 4.78 is 4.43. The van der Waals surface area contributed by atoms with Crippen molar-refractivity contribution >= 4 is 40.0 Å². The topological polar surface area (TPSA) is 61.9 Å². The van der Waals surface area contributed by atoms with Crippen LogP contribution < -0.4 is 16.0 Å². The van der Waals surface area contributed by atoms with E-state index in [0.717, 1.165) is 29.4 Å². The number of piperidine rings is 1. The molecule has 1 aliphatic heterocycles. The lowest BCUT2D eigenvalue weighted by atomic mass is 9.79. The van der Waals surface area contributed by atoms with Gasteiger partial charge in [-0.15, -0.1) is 0 Å². The zero-order chi connectivity index (χ0) is 19.7. The normalized spacial score (nSPS) is 19.7. The van der Waals surface area contributed by atoms with E-state index >= 15 is 0 Å². The monoisotopic (exact) mass is 405 g/mol. The van der Waals surface area contributed by atoms with Gasteiger partial charge in [0.2, 0.25) is 5.13 Å². The molecule has 2 aromatic rings. The minimum absolute atomic E-state index is 0.119. The summed E-state index contributed by atoms with van der Waals surface area (Å²) in [6, 6.07) is 7.97. The van der Waals surface area contributed by atoms with Gasteiger partial charge < -0.3 is 16.0 Å². The summed E-state index contributed by atoms with van der Waals surface area (Å²) in [6.07, 6.45) is 4.16. The smallest absolute Gasteiger partial charge is 0.207 e. The molecule has 5 nitrogen and oxygen atoms in total. The SMILES string of the molecule is CC(=Cc1nsc(Nc2ccc(Cl)cc2)n1)NC1CC(C)(C)NC(C)(C)C1. The van der Waals surface area contributed by atoms with Gasteiger partial charge >= 0.3 is 0 Å². The van der Waals surface area contributed by atoms with Crippen LogP contribution in [-0.2, 0) is 0 Å². The van der Waals surface area contributed by atoms with Gasteiger partial charge in [-0.1, -0.05) is 11.6 Å². The van der Waals surface area contributed by atoms with Crippen LogP contribution in [0.4, 0.5) is 10.8 Å². The molecule has 0 unspecified atom stereocenters. The number of benzene rings is 1. The van der Waals surface area contributed by atoms with Gasteiger partial charge in [0.05, 0.1) is 0 Å². The van der Waals surface area contributed by atoms with Crippen LogP contribution in [-0.4, -0.2) is 26.5 Å². The van der Waals surface area contributed by atoms with Crippen LogP contribution in [0, 0.1) is 0 Å². The summed E-state index contributed by atoms with van der Waals surface area (Å²) in [4.78, 5) is 4.55. The van der Waals surface area contributed by atoms with E-state index in [0.29, 0.717) is 16.9 Å². The van der Waals surface area contributed by atoms with E-state index in [1.165, 1.54) is 11.5 Å². The maximum Gasteiger partial charge on any atom is 0.207 e. The predicted molar refractivity (Wildman–Crippen MR) is 116 cm³/mol. The van der Waals surface area contributed by atoms with Gasteiger partial charge in [0, 0.05) is 51.1 Å². The van der Waals surface area contributed by atoms with Crippen LogP contribution in [0.3, 0.4) is 0 Å². The summed E-state index contributed by atoms with van der Waals surface area (Å²) in [5.41, 5.74) is 2.27. The number of hydrogen-bond donors (Lipinski definition) is 3. The standard InChI is InChI=1S/C20H28ClN5S/c1-13(22-16-11-19(2,3)26-20(4,5)12-16)10-17-24-18(27-25-17)23-15-8-6-14(21)7-9-15/h6-10,16,22,26H,11-12H2,1-5H3,(H,23,24,25). The zero-order valence-electron chi connectivity index (χ0n) is 16.6. The molecular formula is C20H28ClN5S. The number of nitrogens with zero attached hydrogens (tertiary/aromatic N) is 2. The van der Waals surface area contributed by atoms with E-state index in [4.69, 9.17) is 11.6 Å². The molecule has 0 radical (unpaired) electrons. The van der Waals surface area contributed by atoms with Crippen molar-refractivity contribution in [1.82, 2.24) is 20.0 Å². The highest BCUT2D eigenvalue weighted by Crippen LogP contribution is 2.29. The Hall–Kier alpha value is -1.63. The number of anilines is 2. The summed E-state index contributed by atoms with van der Waals surface area (Å²) in [5.74, 6) is 0.717. The zero-order valence-corrected chi connectivity index (χ0v) is 18.1. The maximum atomic E-state index is 5.92. The average Bonchev–Trinajstić information content (AvgIpc) is 2.93. The number of halogens is 1. The fraction of sp³-hybridized carbons (Fsp3) is 0.500. The summed E-state index contributed by atoms with van der Waals surface area (Å²) in [7, 11) is 0. The fourth-order valence-electron chi connectivity index (χ4n) is 3.98. The molecule has 0 atom stereocenters. The second-order valence-corrected chi connectivity index (χ2v) is 9.75. The van der Waals surface area contributed by atoms with Gasteiger partial charge in [0.25, 0.3) is 0 Å². The molecule has 7 heteroatoms. The van der Waals surface area contributed by atoms with E-state index < -0.39 is 0 Å². The van der Waals surface area contributed by atoms with Crippen molar-refractivity contribution < 1.29 is 0 Å². The molecule has 1 aliphatic rings. The molecule has 1 aromatic carbocycles. The Morgan fingerprint density at radius 2 is 1.81 bits per heavy atom. The minimum Gasteiger partial charge on any atom is -0.386 e. The van der Waals surface area contributed by atoms with Gasteiger partial charge in [0.15, 0.2) is 5.82 Å². The second-order valence-electron chi connectivity index (χ2n) is 8.56. The van der Waals surface area contributed by atoms with E-state index in [9.17, 15) is 0 Å². The van der Waals surface area contributed by atoms with E-state index in [2.05, 4.69) is 59.9 Å². The summed E-state index contributed by atoms with van der Waals surface area (Å²) in [5, 5.41) is 12.1. The number of allylic oxidation sites excluding steroid dienone is 1. The van der Waals surface area contributed by atoms with Crippen LogP contribution in [0.25, 0.3) is 6.08 Å². The molecule has 0 saturated carbocycles. The Bertz CT molecular complexity index is 794. The van der Waals surface area contributed by atoms with E-state index in [1.54, 1.807) is 0 Å². The second kappa shape index (κ2) is 7.78. The first-order valence-electron chi connectivity index (χ1n) is 9.21. The predicted octanol–water partition coefficient (Wildman–Crippen LogP) is 5.19. The van der Waals surface area contributed by atoms with Gasteiger partial charge in [-0.25, -0.2) is 0 Å². The summed E-state index contributed by atoms with van der Waals surface area (Å²) >= 11 is 7.27. The van der Waals surface area contributed by atoms with Crippen LogP contribution in [0.15, 0.2) is 30.0 Å². The van der Waals surface area contributed by atoms with Crippen LogP contribution in [0.1, 0.15) is 53.3 Å². The highest BCUT2D eigenvalue weighted by atomic mass is 35.5. The number of rotatable bonds is 5. The average molecular weight is 406 g/mol. The van der Waals surface area contributed by atoms with Crippen molar-refractivity contribution in [3.63, 3.8) is 0 Å². The van der Waals surface area contributed by atoms with Crippen molar-refractivity contribution in [2.24, 2.45) is 0 Å². The van der Waals surface area contributed by atoms with Gasteiger partial charge in [0.1, 0.15) is 0 Å². The molecule has 1 aromatic heterocycles. The van der Waals surface area contributed by atoms with Crippen LogP contribution >= 0.6 is 23.1 Å². The third kappa shape index (κ3) is 5.92. The highest BCUT2D eigenvalue weighted by Gasteiger charge is 2.37. The van der Waals surface area contributed by atoms with Crippen molar-refractivity contribution in [3.05, 3.63) is 40.8 Å². The quantitative estimate of drug-likeness (QED) is 0.638. The largest absolute Gasteiger partial charge is 0.386 e. The Balaban J connectivity index is 1.63. The van der Waals surface area contributed by atoms with Gasteiger partial charge in [-0.05, 0) is 71.7 Å². The van der Waals surface area contributed by atoms with Gasteiger partial charge in [-0.2, -0.15) is 9.36 Å². The molecule has 2 heterocycles. The van der Waals surface area contributed by atoms with Crippen LogP contribution in [0.2, 0.25) is 5.02 Å². The van der Waals surface area contributed by atoms with Crippen molar-refractivity contribution in [1.29, 1.82) is 0 Å². The molecule has 0 aliphatic carbocycles. The van der Waals surface area contributed by atoms with E-state index in [1.807, 2.05) is 30.3 Å². The third-order valence-corrected chi connectivity index (χ3v) is 5.40. The van der Waals surface area contributed by atoms with Crippen molar-refractivity contribution in [3.8, 4) is 0 Å². The van der Waals surface area contributed by atoms with Gasteiger partial charge in [-0.3, -0.25) is 0 Å². The van der Waals surface area contributed by atoms with Crippen LogP contribution in [0.5, 0.6) is 0 Å².